The quantitative estimate of drug-likeness (QED) is 0.0322. The summed E-state index contributed by atoms with van der Waals surface area (Å²) in [4.78, 5) is 24.4. The van der Waals surface area contributed by atoms with E-state index in [-0.39, 0.29) is 18.5 Å². The molecule has 0 aliphatic heterocycles. The number of hydrogen-bond donors (Lipinski definition) is 3. The van der Waals surface area contributed by atoms with Gasteiger partial charge in [0.05, 0.1) is 25.4 Å². The maximum Gasteiger partial charge on any atom is 0.305 e. The van der Waals surface area contributed by atoms with E-state index in [0.29, 0.717) is 25.9 Å². The molecule has 1 amide bonds. The first-order chi connectivity index (χ1) is 29.0. The normalized spacial score (nSPS) is 12.8. The number of carbonyl (C=O) groups is 2. The number of ether oxygens (including phenoxy) is 1. The van der Waals surface area contributed by atoms with Crippen LogP contribution in [0, 0.1) is 0 Å². The topological polar surface area (TPSA) is 95.9 Å². The molecule has 2 atom stereocenters. The van der Waals surface area contributed by atoms with Gasteiger partial charge in [0.2, 0.25) is 5.91 Å². The number of allylic oxidation sites excluding steroid dienone is 4. The van der Waals surface area contributed by atoms with Crippen molar-refractivity contribution in [3.63, 3.8) is 0 Å². The van der Waals surface area contributed by atoms with E-state index in [0.717, 1.165) is 77.0 Å². The average molecular weight is 832 g/mol. The molecule has 0 aromatic rings. The third kappa shape index (κ3) is 45.7. The summed E-state index contributed by atoms with van der Waals surface area (Å²) in [7, 11) is 0. The fourth-order valence-corrected chi connectivity index (χ4v) is 7.98. The Hall–Kier alpha value is -1.66. The smallest absolute Gasteiger partial charge is 0.305 e. The number of unbranched alkanes of at least 4 members (excludes halogenated alkanes) is 34. The van der Waals surface area contributed by atoms with Crippen LogP contribution in [0.15, 0.2) is 24.3 Å². The van der Waals surface area contributed by atoms with Gasteiger partial charge >= 0.3 is 5.97 Å². The molecule has 0 radical (unpaired) electrons. The second-order valence-electron chi connectivity index (χ2n) is 17.9. The minimum absolute atomic E-state index is 0.0203. The van der Waals surface area contributed by atoms with Gasteiger partial charge in [-0.3, -0.25) is 9.59 Å². The van der Waals surface area contributed by atoms with E-state index >= 15 is 0 Å². The molecule has 0 aromatic carbocycles. The Morgan fingerprint density at radius 2 is 0.831 bits per heavy atom. The molecule has 0 aliphatic carbocycles. The number of hydrogen-bond acceptors (Lipinski definition) is 5. The van der Waals surface area contributed by atoms with Crippen molar-refractivity contribution in [3.05, 3.63) is 24.3 Å². The lowest BCUT2D eigenvalue weighted by atomic mass is 10.0. The number of esters is 1. The van der Waals surface area contributed by atoms with Gasteiger partial charge in [0.1, 0.15) is 0 Å². The zero-order valence-electron chi connectivity index (χ0n) is 39.5. The summed E-state index contributed by atoms with van der Waals surface area (Å²) in [5.41, 5.74) is 0. The van der Waals surface area contributed by atoms with Crippen LogP contribution in [-0.2, 0) is 14.3 Å². The number of aliphatic hydroxyl groups is 2. The van der Waals surface area contributed by atoms with Crippen molar-refractivity contribution < 1.29 is 24.5 Å². The average Bonchev–Trinajstić information content (AvgIpc) is 3.24. The van der Waals surface area contributed by atoms with E-state index < -0.39 is 12.1 Å². The van der Waals surface area contributed by atoms with Crippen molar-refractivity contribution in [2.24, 2.45) is 0 Å². The lowest BCUT2D eigenvalue weighted by Crippen LogP contribution is -2.45. The first-order valence-electron chi connectivity index (χ1n) is 26.1. The van der Waals surface area contributed by atoms with Gasteiger partial charge in [0.25, 0.3) is 0 Å². The molecule has 0 saturated heterocycles. The summed E-state index contributed by atoms with van der Waals surface area (Å²) in [5, 5.41) is 23.2. The molecule has 0 heterocycles. The van der Waals surface area contributed by atoms with Crippen LogP contribution in [0.1, 0.15) is 277 Å². The summed E-state index contributed by atoms with van der Waals surface area (Å²) in [5.74, 6) is -0.0774. The van der Waals surface area contributed by atoms with Crippen LogP contribution in [0.3, 0.4) is 0 Å². The highest BCUT2D eigenvalue weighted by Gasteiger charge is 2.20. The van der Waals surface area contributed by atoms with Crippen LogP contribution in [0.25, 0.3) is 0 Å². The van der Waals surface area contributed by atoms with Gasteiger partial charge in [-0.2, -0.15) is 0 Å². The van der Waals surface area contributed by atoms with E-state index in [2.05, 4.69) is 43.5 Å². The van der Waals surface area contributed by atoms with Gasteiger partial charge in [-0.15, -0.1) is 0 Å². The summed E-state index contributed by atoms with van der Waals surface area (Å²) in [6.45, 7) is 4.90. The molecular weight excluding hydrogens is 731 g/mol. The Morgan fingerprint density at radius 1 is 0.475 bits per heavy atom. The van der Waals surface area contributed by atoms with Crippen molar-refractivity contribution in [1.82, 2.24) is 5.32 Å². The van der Waals surface area contributed by atoms with E-state index in [9.17, 15) is 19.8 Å². The number of rotatable bonds is 48. The second-order valence-corrected chi connectivity index (χ2v) is 17.9. The van der Waals surface area contributed by atoms with Crippen LogP contribution >= 0.6 is 0 Å². The van der Waals surface area contributed by atoms with Crippen molar-refractivity contribution in [2.45, 2.75) is 289 Å². The molecule has 0 aromatic heterocycles. The third-order valence-corrected chi connectivity index (χ3v) is 12.0. The molecule has 348 valence electrons. The Labute approximate surface area is 367 Å². The minimum Gasteiger partial charge on any atom is -0.466 e. The number of amides is 1. The standard InChI is InChI=1S/C53H101NO5/c1-3-5-7-9-11-13-15-17-22-25-29-33-37-41-45-51(56)50(49-55)54-52(57)46-42-38-34-30-26-23-19-18-20-24-28-32-36-40-44-48-59-53(58)47-43-39-35-31-27-21-16-14-12-10-8-6-4-2/h18,20,24,28,50-51,55-56H,3-17,19,21-23,25-27,29-49H2,1-2H3,(H,54,57)/b20-18-,28-24-. The Kier molecular flexibility index (Phi) is 47.6. The highest BCUT2D eigenvalue weighted by atomic mass is 16.5. The highest BCUT2D eigenvalue weighted by Crippen LogP contribution is 2.16. The second kappa shape index (κ2) is 49.0. The molecule has 6 heteroatoms. The van der Waals surface area contributed by atoms with Crippen LogP contribution in [0.5, 0.6) is 0 Å². The van der Waals surface area contributed by atoms with Crippen LogP contribution in [0.2, 0.25) is 0 Å². The van der Waals surface area contributed by atoms with E-state index in [1.165, 1.54) is 167 Å². The molecule has 0 spiro atoms. The zero-order valence-corrected chi connectivity index (χ0v) is 39.5. The third-order valence-electron chi connectivity index (χ3n) is 12.0. The summed E-state index contributed by atoms with van der Waals surface area (Å²) < 4.78 is 5.44. The van der Waals surface area contributed by atoms with E-state index in [4.69, 9.17) is 4.74 Å². The summed E-state index contributed by atoms with van der Waals surface area (Å²) in [6, 6.07) is -0.557. The molecule has 0 rings (SSSR count). The number of aliphatic hydroxyl groups excluding tert-OH is 2. The fraction of sp³-hybridized carbons (Fsp3) is 0.887. The van der Waals surface area contributed by atoms with Gasteiger partial charge in [0.15, 0.2) is 0 Å². The molecule has 2 unspecified atom stereocenters. The first kappa shape index (κ1) is 57.3. The minimum atomic E-state index is -0.677. The molecular formula is C53H101NO5. The monoisotopic (exact) mass is 832 g/mol. The van der Waals surface area contributed by atoms with Gasteiger partial charge in [0, 0.05) is 12.8 Å². The fourth-order valence-electron chi connectivity index (χ4n) is 7.98. The van der Waals surface area contributed by atoms with Crippen LogP contribution < -0.4 is 5.32 Å². The van der Waals surface area contributed by atoms with Crippen LogP contribution in [0.4, 0.5) is 0 Å². The zero-order chi connectivity index (χ0) is 43.0. The van der Waals surface area contributed by atoms with Crippen molar-refractivity contribution >= 4 is 11.9 Å². The van der Waals surface area contributed by atoms with Crippen molar-refractivity contribution in [1.29, 1.82) is 0 Å². The number of nitrogens with one attached hydrogen (secondary N) is 1. The molecule has 59 heavy (non-hydrogen) atoms. The largest absolute Gasteiger partial charge is 0.466 e. The van der Waals surface area contributed by atoms with Crippen molar-refractivity contribution in [2.75, 3.05) is 13.2 Å². The predicted octanol–water partition coefficient (Wildman–Crippen LogP) is 15.5. The lowest BCUT2D eigenvalue weighted by Gasteiger charge is -2.22. The highest BCUT2D eigenvalue weighted by molar-refractivity contribution is 5.76. The predicted molar refractivity (Wildman–Crippen MR) is 255 cm³/mol. The molecule has 0 aliphatic rings. The van der Waals surface area contributed by atoms with Gasteiger partial charge in [-0.05, 0) is 57.8 Å². The Balaban J connectivity index is 3.52. The molecule has 0 fully saturated rings. The van der Waals surface area contributed by atoms with E-state index in [1.54, 1.807) is 0 Å². The maximum atomic E-state index is 12.4. The number of carbonyl (C=O) groups excluding carboxylic acids is 2. The van der Waals surface area contributed by atoms with Gasteiger partial charge < -0.3 is 20.3 Å². The van der Waals surface area contributed by atoms with Crippen molar-refractivity contribution in [3.8, 4) is 0 Å². The van der Waals surface area contributed by atoms with Gasteiger partial charge in [-0.25, -0.2) is 0 Å². The Morgan fingerprint density at radius 3 is 1.25 bits per heavy atom. The molecule has 0 bridgehead atoms. The molecule has 0 saturated carbocycles. The van der Waals surface area contributed by atoms with Gasteiger partial charge in [-0.1, -0.05) is 231 Å². The summed E-state index contributed by atoms with van der Waals surface area (Å²) >= 11 is 0. The molecule has 6 nitrogen and oxygen atoms in total. The van der Waals surface area contributed by atoms with Crippen LogP contribution in [-0.4, -0.2) is 47.4 Å². The Bertz CT molecular complexity index is 920. The summed E-state index contributed by atoms with van der Waals surface area (Å²) in [6.07, 6.45) is 57.2. The molecule has 3 N–H and O–H groups in total. The SMILES string of the molecule is CCCCCCCCCCCCCCCCC(O)C(CO)NC(=O)CCCCCCCC/C=C\C=C/CCCCCOC(=O)CCCCCCCCCCCCCCC. The first-order valence-corrected chi connectivity index (χ1v) is 26.1. The van der Waals surface area contributed by atoms with E-state index in [1.807, 2.05) is 0 Å². The maximum absolute atomic E-state index is 12.4. The lowest BCUT2D eigenvalue weighted by molar-refractivity contribution is -0.143.